The molecule has 2 aromatic carbocycles. The maximum absolute atomic E-state index is 14.0. The third kappa shape index (κ3) is 4.33. The summed E-state index contributed by atoms with van der Waals surface area (Å²) < 4.78 is 41.1. The lowest BCUT2D eigenvalue weighted by Gasteiger charge is -2.41. The summed E-state index contributed by atoms with van der Waals surface area (Å²) in [4.78, 5) is 13.2. The van der Waals surface area contributed by atoms with Crippen LogP contribution in [0.25, 0.3) is 5.70 Å². The fourth-order valence-corrected chi connectivity index (χ4v) is 7.04. The van der Waals surface area contributed by atoms with Gasteiger partial charge in [0.1, 0.15) is 0 Å². The molecule has 0 amide bonds. The Labute approximate surface area is 209 Å². The standard InChI is InChI=1S/C25H28INO5S/c1-5-31-24(28)19-15-20(17-9-7-6-8-10-17)27(23-21(19)22(26)25(3,4)32-23)33(29,30)18-13-11-16(2)12-14-18/h6-15,19,21-23H,5H2,1-4H3/t19-,21-,22-,23+/m0/s1. The first-order valence-electron chi connectivity index (χ1n) is 10.9. The van der Waals surface area contributed by atoms with Crippen LogP contribution in [0.2, 0.25) is 0 Å². The largest absolute Gasteiger partial charge is 0.466 e. The third-order valence-electron chi connectivity index (χ3n) is 6.18. The second-order valence-corrected chi connectivity index (χ2v) is 12.1. The van der Waals surface area contributed by atoms with Crippen molar-refractivity contribution in [3.05, 3.63) is 71.8 Å². The number of hydrogen-bond donors (Lipinski definition) is 0. The normalized spacial score (nSPS) is 26.5. The number of benzene rings is 2. The number of rotatable bonds is 5. The minimum atomic E-state index is -3.98. The van der Waals surface area contributed by atoms with Crippen LogP contribution in [0.15, 0.2) is 65.6 Å². The van der Waals surface area contributed by atoms with E-state index in [1.807, 2.05) is 51.1 Å². The van der Waals surface area contributed by atoms with Gasteiger partial charge >= 0.3 is 5.97 Å². The van der Waals surface area contributed by atoms with Gasteiger partial charge in [-0.25, -0.2) is 12.7 Å². The molecule has 0 aromatic heterocycles. The first-order valence-corrected chi connectivity index (χ1v) is 13.6. The van der Waals surface area contributed by atoms with E-state index in [2.05, 4.69) is 22.6 Å². The zero-order chi connectivity index (χ0) is 24.0. The Morgan fingerprint density at radius 3 is 2.36 bits per heavy atom. The van der Waals surface area contributed by atoms with E-state index < -0.39 is 33.7 Å². The summed E-state index contributed by atoms with van der Waals surface area (Å²) in [5.74, 6) is -1.39. The van der Waals surface area contributed by atoms with Crippen LogP contribution in [0.1, 0.15) is 31.9 Å². The van der Waals surface area contributed by atoms with Crippen LogP contribution < -0.4 is 0 Å². The highest BCUT2D eigenvalue weighted by molar-refractivity contribution is 14.1. The summed E-state index contributed by atoms with van der Waals surface area (Å²) in [7, 11) is -3.98. The van der Waals surface area contributed by atoms with Crippen LogP contribution in [-0.2, 0) is 24.3 Å². The van der Waals surface area contributed by atoms with E-state index in [0.29, 0.717) is 11.3 Å². The topological polar surface area (TPSA) is 72.9 Å². The van der Waals surface area contributed by atoms with Crippen LogP contribution in [0, 0.1) is 18.8 Å². The molecule has 33 heavy (non-hydrogen) atoms. The van der Waals surface area contributed by atoms with Gasteiger partial charge in [0.15, 0.2) is 6.23 Å². The predicted molar refractivity (Wildman–Crippen MR) is 135 cm³/mol. The minimum Gasteiger partial charge on any atom is -0.466 e. The smallest absolute Gasteiger partial charge is 0.313 e. The van der Waals surface area contributed by atoms with Crippen molar-refractivity contribution >= 4 is 44.3 Å². The summed E-state index contributed by atoms with van der Waals surface area (Å²) in [5, 5.41) is 0. The van der Waals surface area contributed by atoms with Crippen LogP contribution in [0.4, 0.5) is 0 Å². The van der Waals surface area contributed by atoms with Crippen LogP contribution in [0.3, 0.4) is 0 Å². The fraction of sp³-hybridized carbons (Fsp3) is 0.400. The first-order chi connectivity index (χ1) is 15.6. The van der Waals surface area contributed by atoms with E-state index in [0.717, 1.165) is 5.56 Å². The van der Waals surface area contributed by atoms with E-state index in [1.165, 1.54) is 4.31 Å². The zero-order valence-corrected chi connectivity index (χ0v) is 22.0. The Morgan fingerprint density at radius 1 is 1.12 bits per heavy atom. The molecule has 1 saturated heterocycles. The van der Waals surface area contributed by atoms with E-state index >= 15 is 0 Å². The van der Waals surface area contributed by atoms with Crippen molar-refractivity contribution in [2.45, 2.75) is 48.3 Å². The Hall–Kier alpha value is -1.91. The molecule has 1 fully saturated rings. The van der Waals surface area contributed by atoms with Gasteiger partial charge in [0, 0.05) is 9.84 Å². The van der Waals surface area contributed by atoms with E-state index in [1.54, 1.807) is 37.3 Å². The maximum Gasteiger partial charge on any atom is 0.313 e. The number of aryl methyl sites for hydroxylation is 1. The summed E-state index contributed by atoms with van der Waals surface area (Å²) in [6.45, 7) is 7.80. The molecule has 0 aliphatic carbocycles. The highest BCUT2D eigenvalue weighted by Crippen LogP contribution is 2.52. The third-order valence-corrected chi connectivity index (χ3v) is 10.3. The van der Waals surface area contributed by atoms with Gasteiger partial charge in [0.2, 0.25) is 0 Å². The van der Waals surface area contributed by atoms with E-state index in [-0.39, 0.29) is 21.4 Å². The predicted octanol–water partition coefficient (Wildman–Crippen LogP) is 4.77. The monoisotopic (exact) mass is 581 g/mol. The lowest BCUT2D eigenvalue weighted by Crippen LogP contribution is -2.50. The van der Waals surface area contributed by atoms with Crippen molar-refractivity contribution in [2.75, 3.05) is 6.61 Å². The highest BCUT2D eigenvalue weighted by atomic mass is 127. The number of esters is 1. The van der Waals surface area contributed by atoms with Gasteiger partial charge < -0.3 is 9.47 Å². The molecule has 0 radical (unpaired) electrons. The molecule has 0 N–H and O–H groups in total. The van der Waals surface area contributed by atoms with Gasteiger partial charge in [-0.1, -0.05) is 70.6 Å². The molecule has 4 atom stereocenters. The summed E-state index contributed by atoms with van der Waals surface area (Å²) >= 11 is 2.28. The molecule has 2 aliphatic rings. The molecular formula is C25H28INO5S. The SMILES string of the molecule is CCOC(=O)[C@H]1C=C(c2ccccc2)N(S(=O)(=O)c2ccc(C)cc2)[C@@H]2OC(C)(C)[C@@H](I)[C@H]12. The number of fused-ring (bicyclic) bond motifs is 1. The number of ether oxygens (including phenoxy) is 2. The quantitative estimate of drug-likeness (QED) is 0.289. The van der Waals surface area contributed by atoms with Gasteiger partial charge in [-0.15, -0.1) is 0 Å². The second kappa shape index (κ2) is 9.03. The molecule has 0 spiro atoms. The Balaban J connectivity index is 1.94. The van der Waals surface area contributed by atoms with Gasteiger partial charge in [0.25, 0.3) is 10.0 Å². The van der Waals surface area contributed by atoms with Crippen molar-refractivity contribution in [3.63, 3.8) is 0 Å². The molecule has 0 saturated carbocycles. The number of sulfonamides is 1. The lowest BCUT2D eigenvalue weighted by atomic mass is 9.82. The van der Waals surface area contributed by atoms with E-state index in [4.69, 9.17) is 9.47 Å². The minimum absolute atomic E-state index is 0.112. The second-order valence-electron chi connectivity index (χ2n) is 8.90. The molecule has 4 rings (SSSR count). The van der Waals surface area contributed by atoms with Crippen molar-refractivity contribution in [1.29, 1.82) is 0 Å². The van der Waals surface area contributed by atoms with Crippen molar-refractivity contribution in [3.8, 4) is 0 Å². The number of alkyl halides is 1. The average molecular weight is 581 g/mol. The molecule has 2 aromatic rings. The maximum atomic E-state index is 14.0. The van der Waals surface area contributed by atoms with Crippen LogP contribution in [-0.4, -0.2) is 41.1 Å². The fourth-order valence-electron chi connectivity index (χ4n) is 4.50. The number of nitrogens with zero attached hydrogens (tertiary/aromatic N) is 1. The highest BCUT2D eigenvalue weighted by Gasteiger charge is 2.59. The van der Waals surface area contributed by atoms with E-state index in [9.17, 15) is 13.2 Å². The lowest BCUT2D eigenvalue weighted by molar-refractivity contribution is -0.150. The molecule has 176 valence electrons. The molecule has 0 unspecified atom stereocenters. The van der Waals surface area contributed by atoms with Gasteiger partial charge in [-0.3, -0.25) is 4.79 Å². The Morgan fingerprint density at radius 2 is 1.76 bits per heavy atom. The molecule has 0 bridgehead atoms. The summed E-state index contributed by atoms with van der Waals surface area (Å²) in [5.41, 5.74) is 1.45. The molecule has 2 aliphatic heterocycles. The number of carbonyl (C=O) groups excluding carboxylic acids is 1. The van der Waals surface area contributed by atoms with Crippen molar-refractivity contribution < 1.29 is 22.7 Å². The van der Waals surface area contributed by atoms with Crippen LogP contribution in [0.5, 0.6) is 0 Å². The number of halogens is 1. The molecule has 6 nitrogen and oxygen atoms in total. The van der Waals surface area contributed by atoms with Gasteiger partial charge in [-0.2, -0.15) is 0 Å². The molecule has 2 heterocycles. The average Bonchev–Trinajstić information content (AvgIpc) is 3.02. The van der Waals surface area contributed by atoms with Crippen molar-refractivity contribution in [1.82, 2.24) is 4.31 Å². The molecule has 8 heteroatoms. The number of carbonyl (C=O) groups is 1. The first kappa shape index (κ1) is 24.2. The zero-order valence-electron chi connectivity index (χ0n) is 19.1. The number of hydrogen-bond acceptors (Lipinski definition) is 5. The van der Waals surface area contributed by atoms with Crippen LogP contribution >= 0.6 is 22.6 Å². The van der Waals surface area contributed by atoms with Gasteiger partial charge in [-0.05, 0) is 51.5 Å². The van der Waals surface area contributed by atoms with Gasteiger partial charge in [0.05, 0.1) is 28.7 Å². The van der Waals surface area contributed by atoms with Crippen molar-refractivity contribution in [2.24, 2.45) is 11.8 Å². The Kier molecular flexibility index (Phi) is 6.63. The Bertz CT molecular complexity index is 1160. The summed E-state index contributed by atoms with van der Waals surface area (Å²) in [6, 6.07) is 16.0. The molecular weight excluding hydrogens is 553 g/mol. The summed E-state index contributed by atoms with van der Waals surface area (Å²) in [6.07, 6.45) is 0.902.